The number of methoxy groups -OCH3 is 2. The third-order valence-corrected chi connectivity index (χ3v) is 7.74. The van der Waals surface area contributed by atoms with Gasteiger partial charge in [-0.3, -0.25) is 14.2 Å². The van der Waals surface area contributed by atoms with Gasteiger partial charge in [0, 0.05) is 0 Å². The molecule has 10 nitrogen and oxygen atoms in total. The molecule has 0 fully saturated rings. The van der Waals surface area contributed by atoms with Crippen LogP contribution in [0.15, 0.2) is 74.7 Å². The van der Waals surface area contributed by atoms with Crippen LogP contribution in [0, 0.1) is 5.92 Å². The Hall–Kier alpha value is -4.51. The highest BCUT2D eigenvalue weighted by molar-refractivity contribution is 7.07. The first-order valence-electron chi connectivity index (χ1n) is 12.6. The molecule has 2 atom stereocenters. The molecule has 0 radical (unpaired) electrons. The summed E-state index contributed by atoms with van der Waals surface area (Å²) in [6, 6.07) is 13.5. The second-order valence-electron chi connectivity index (χ2n) is 9.14. The van der Waals surface area contributed by atoms with Gasteiger partial charge in [0.05, 0.1) is 54.1 Å². The zero-order chi connectivity index (χ0) is 28.6. The van der Waals surface area contributed by atoms with Gasteiger partial charge in [0.2, 0.25) is 0 Å². The number of carbonyl (C=O) groups excluding carboxylic acids is 2. The molecular weight excluding hydrogens is 532 g/mol. The summed E-state index contributed by atoms with van der Waals surface area (Å²) < 4.78 is 18.0. The third kappa shape index (κ3) is 4.62. The highest BCUT2D eigenvalue weighted by Gasteiger charge is 2.36. The van der Waals surface area contributed by atoms with E-state index in [0.717, 1.165) is 11.3 Å². The van der Waals surface area contributed by atoms with Gasteiger partial charge < -0.3 is 14.2 Å². The van der Waals surface area contributed by atoms with Crippen molar-refractivity contribution in [3.8, 4) is 11.5 Å². The van der Waals surface area contributed by atoms with Crippen molar-refractivity contribution >= 4 is 40.7 Å². The number of benzene rings is 2. The third-order valence-electron chi connectivity index (χ3n) is 6.74. The quantitative estimate of drug-likeness (QED) is 0.411. The molecule has 1 amide bonds. The number of anilines is 1. The SMILES string of the molecule is CCOC(=O)C1=C(C)N=c2s/c(=C/[C@H]3C(=O)N(c4ccccc4)N=C3C)c(=O)n2[C@H]1c1ccc(OC)c(OC)c1. The maximum Gasteiger partial charge on any atom is 0.338 e. The molecule has 3 heterocycles. The van der Waals surface area contributed by atoms with Gasteiger partial charge in [0.25, 0.3) is 11.5 Å². The predicted molar refractivity (Wildman–Crippen MR) is 151 cm³/mol. The maximum absolute atomic E-state index is 13.9. The van der Waals surface area contributed by atoms with Crippen molar-refractivity contribution in [2.45, 2.75) is 26.8 Å². The molecule has 0 bridgehead atoms. The molecule has 0 spiro atoms. The Labute approximate surface area is 234 Å². The molecule has 0 unspecified atom stereocenters. The fraction of sp³-hybridized carbons (Fsp3) is 0.276. The number of rotatable bonds is 7. The fourth-order valence-corrected chi connectivity index (χ4v) is 5.88. The number of allylic oxidation sites excluding steroid dienone is 1. The van der Waals surface area contributed by atoms with Gasteiger partial charge in [-0.25, -0.2) is 9.79 Å². The molecule has 0 saturated carbocycles. The van der Waals surface area contributed by atoms with Crippen LogP contribution in [-0.2, 0) is 14.3 Å². The molecule has 206 valence electrons. The number of hydrogen-bond acceptors (Lipinski definition) is 9. The van der Waals surface area contributed by atoms with Crippen molar-refractivity contribution < 1.29 is 23.8 Å². The summed E-state index contributed by atoms with van der Waals surface area (Å²) in [6.07, 6.45) is 1.63. The minimum Gasteiger partial charge on any atom is -0.493 e. The van der Waals surface area contributed by atoms with Crippen molar-refractivity contribution in [2.24, 2.45) is 16.0 Å². The zero-order valence-corrected chi connectivity index (χ0v) is 23.5. The summed E-state index contributed by atoms with van der Waals surface area (Å²) in [5.74, 6) is -0.578. The highest BCUT2D eigenvalue weighted by atomic mass is 32.1. The number of hydrogen-bond donors (Lipinski definition) is 0. The van der Waals surface area contributed by atoms with Gasteiger partial charge in [0.15, 0.2) is 16.3 Å². The minimum atomic E-state index is -0.827. The number of amides is 1. The maximum atomic E-state index is 13.9. The van der Waals surface area contributed by atoms with E-state index in [-0.39, 0.29) is 23.6 Å². The number of nitrogens with zero attached hydrogens (tertiary/aromatic N) is 4. The lowest BCUT2D eigenvalue weighted by Gasteiger charge is -2.25. The Morgan fingerprint density at radius 2 is 1.77 bits per heavy atom. The van der Waals surface area contributed by atoms with Crippen LogP contribution in [0.4, 0.5) is 5.69 Å². The molecule has 11 heteroatoms. The molecule has 0 saturated heterocycles. The molecule has 1 aromatic heterocycles. The van der Waals surface area contributed by atoms with Crippen molar-refractivity contribution in [3.05, 3.63) is 85.1 Å². The normalized spacial score (nSPS) is 18.8. The van der Waals surface area contributed by atoms with E-state index in [9.17, 15) is 14.4 Å². The average molecular weight is 561 g/mol. The second kappa shape index (κ2) is 10.9. The molecule has 3 aromatic rings. The van der Waals surface area contributed by atoms with E-state index in [2.05, 4.69) is 10.1 Å². The van der Waals surface area contributed by atoms with E-state index in [0.29, 0.717) is 43.5 Å². The largest absolute Gasteiger partial charge is 0.493 e. The summed E-state index contributed by atoms with van der Waals surface area (Å²) >= 11 is 1.16. The Kier molecular flexibility index (Phi) is 7.40. The van der Waals surface area contributed by atoms with Crippen molar-refractivity contribution in [3.63, 3.8) is 0 Å². The first-order chi connectivity index (χ1) is 19.3. The van der Waals surface area contributed by atoms with E-state index in [1.807, 2.05) is 18.2 Å². The van der Waals surface area contributed by atoms with Gasteiger partial charge in [-0.1, -0.05) is 35.6 Å². The van der Waals surface area contributed by atoms with E-state index in [1.165, 1.54) is 23.8 Å². The standard InChI is InChI=1S/C29H28N4O6S/c1-6-39-28(36)24-17(3)30-29-32(25(24)18-12-13-21(37-4)22(14-18)38-5)27(35)23(40-29)15-20-16(2)31-33(26(20)34)19-10-8-7-9-11-19/h7-15,20,25H,6H2,1-5H3/b23-15+/t20-,25+/m1/s1. The van der Waals surface area contributed by atoms with E-state index < -0.39 is 17.9 Å². The van der Waals surface area contributed by atoms with Gasteiger partial charge >= 0.3 is 5.97 Å². The zero-order valence-electron chi connectivity index (χ0n) is 22.7. The van der Waals surface area contributed by atoms with Crippen LogP contribution < -0.4 is 29.4 Å². The van der Waals surface area contributed by atoms with Crippen molar-refractivity contribution in [2.75, 3.05) is 25.8 Å². The van der Waals surface area contributed by atoms with Crippen molar-refractivity contribution in [1.29, 1.82) is 0 Å². The predicted octanol–water partition coefficient (Wildman–Crippen LogP) is 2.81. The topological polar surface area (TPSA) is 112 Å². The highest BCUT2D eigenvalue weighted by Crippen LogP contribution is 2.36. The monoisotopic (exact) mass is 560 g/mol. The summed E-state index contributed by atoms with van der Waals surface area (Å²) in [4.78, 5) is 45.4. The van der Waals surface area contributed by atoms with Gasteiger partial charge in [-0.2, -0.15) is 10.1 Å². The molecule has 0 N–H and O–H groups in total. The number of ether oxygens (including phenoxy) is 3. The molecule has 2 aliphatic heterocycles. The van der Waals surface area contributed by atoms with Gasteiger partial charge in [-0.05, 0) is 56.7 Å². The van der Waals surface area contributed by atoms with Crippen molar-refractivity contribution in [1.82, 2.24) is 4.57 Å². The molecular formula is C29H28N4O6S. The van der Waals surface area contributed by atoms with Crippen LogP contribution >= 0.6 is 11.3 Å². The Morgan fingerprint density at radius 1 is 1.05 bits per heavy atom. The summed E-state index contributed by atoms with van der Waals surface area (Å²) in [5.41, 5.74) is 2.14. The van der Waals surface area contributed by atoms with Crippen LogP contribution in [0.3, 0.4) is 0 Å². The van der Waals surface area contributed by atoms with Crippen LogP contribution in [0.25, 0.3) is 6.08 Å². The first kappa shape index (κ1) is 27.1. The van der Waals surface area contributed by atoms with Gasteiger partial charge in [-0.15, -0.1) is 0 Å². The van der Waals surface area contributed by atoms with Gasteiger partial charge in [0.1, 0.15) is 5.92 Å². The van der Waals surface area contributed by atoms with E-state index in [4.69, 9.17) is 14.2 Å². The minimum absolute atomic E-state index is 0.166. The smallest absolute Gasteiger partial charge is 0.338 e. The number of fused-ring (bicyclic) bond motifs is 1. The van der Waals surface area contributed by atoms with E-state index >= 15 is 0 Å². The van der Waals surface area contributed by atoms with Crippen LogP contribution in [0.2, 0.25) is 0 Å². The lowest BCUT2D eigenvalue weighted by molar-refractivity contribution is -0.139. The second-order valence-corrected chi connectivity index (χ2v) is 10.2. The van der Waals surface area contributed by atoms with Crippen LogP contribution in [-0.4, -0.2) is 43.0 Å². The molecule has 2 aromatic carbocycles. The summed E-state index contributed by atoms with van der Waals surface area (Å²) in [5, 5.41) is 5.79. The molecule has 40 heavy (non-hydrogen) atoms. The number of carbonyl (C=O) groups is 2. The first-order valence-corrected chi connectivity index (χ1v) is 13.5. The number of esters is 1. The molecule has 5 rings (SSSR count). The Balaban J connectivity index is 1.65. The average Bonchev–Trinajstić information content (AvgIpc) is 3.42. The van der Waals surface area contributed by atoms with Crippen LogP contribution in [0.1, 0.15) is 32.4 Å². The summed E-state index contributed by atoms with van der Waals surface area (Å²) in [6.45, 7) is 5.36. The number of para-hydroxylation sites is 1. The molecule has 2 aliphatic rings. The lowest BCUT2D eigenvalue weighted by atomic mass is 9.95. The van der Waals surface area contributed by atoms with E-state index in [1.54, 1.807) is 57.2 Å². The summed E-state index contributed by atoms with van der Waals surface area (Å²) in [7, 11) is 3.05. The molecule has 0 aliphatic carbocycles. The number of thiazole rings is 1. The number of aromatic nitrogens is 1. The lowest BCUT2D eigenvalue weighted by Crippen LogP contribution is -2.40. The fourth-order valence-electron chi connectivity index (χ4n) is 4.82. The Bertz CT molecular complexity index is 1740. The Morgan fingerprint density at radius 3 is 2.45 bits per heavy atom. The number of hydrazone groups is 1. The van der Waals surface area contributed by atoms with Crippen LogP contribution in [0.5, 0.6) is 11.5 Å².